The van der Waals surface area contributed by atoms with E-state index >= 15 is 0 Å². The summed E-state index contributed by atoms with van der Waals surface area (Å²) in [7, 11) is 0. The van der Waals surface area contributed by atoms with Gasteiger partial charge in [0.15, 0.2) is 5.82 Å². The molecule has 2 saturated heterocycles. The van der Waals surface area contributed by atoms with Crippen LogP contribution in [0.4, 0.5) is 4.79 Å². The zero-order valence-electron chi connectivity index (χ0n) is 15.4. The molecule has 3 heterocycles. The molecule has 4 rings (SSSR count). The molecule has 1 aromatic rings. The van der Waals surface area contributed by atoms with Crippen molar-refractivity contribution in [2.75, 3.05) is 26.2 Å². The van der Waals surface area contributed by atoms with E-state index in [1.807, 2.05) is 9.80 Å². The zero-order chi connectivity index (χ0) is 18.1. The second-order valence-corrected chi connectivity index (χ2v) is 7.87. The number of hydrogen-bond acceptors (Lipinski definition) is 4. The fourth-order valence-corrected chi connectivity index (χ4v) is 3.99. The number of carbonyl (C=O) groups excluding carboxylic acids is 2. The first kappa shape index (κ1) is 17.3. The van der Waals surface area contributed by atoms with E-state index < -0.39 is 0 Å². The number of likely N-dealkylation sites (tertiary alicyclic amines) is 2. The lowest BCUT2D eigenvalue weighted by Crippen LogP contribution is -2.51. The molecule has 2 N–H and O–H groups in total. The molecule has 8 nitrogen and oxygen atoms in total. The molecule has 0 radical (unpaired) electrons. The molecule has 3 aliphatic rings. The minimum atomic E-state index is 0.00827. The molecule has 3 amide bonds. The van der Waals surface area contributed by atoms with Crippen LogP contribution in [0.3, 0.4) is 0 Å². The molecule has 2 aliphatic heterocycles. The highest BCUT2D eigenvalue weighted by molar-refractivity contribution is 5.75. The number of piperidine rings is 2. The third-order valence-electron chi connectivity index (χ3n) is 5.83. The molecular formula is C18H28N6O2. The van der Waals surface area contributed by atoms with Crippen molar-refractivity contribution in [3.05, 3.63) is 11.6 Å². The SMILES string of the molecule is CC(=O)N1CCC(NC(=O)N2CCCC(c3n[nH]c(C4CC4)n3)C2)CC1. The first-order chi connectivity index (χ1) is 12.6. The van der Waals surface area contributed by atoms with Crippen LogP contribution in [0.15, 0.2) is 0 Å². The molecule has 1 unspecified atom stereocenters. The summed E-state index contributed by atoms with van der Waals surface area (Å²) >= 11 is 0. The predicted molar refractivity (Wildman–Crippen MR) is 95.7 cm³/mol. The van der Waals surface area contributed by atoms with Gasteiger partial charge in [-0.15, -0.1) is 0 Å². The maximum Gasteiger partial charge on any atom is 0.317 e. The summed E-state index contributed by atoms with van der Waals surface area (Å²) in [5.41, 5.74) is 0. The van der Waals surface area contributed by atoms with Gasteiger partial charge >= 0.3 is 6.03 Å². The number of carbonyl (C=O) groups is 2. The van der Waals surface area contributed by atoms with Crippen LogP contribution < -0.4 is 5.32 Å². The lowest BCUT2D eigenvalue weighted by atomic mass is 9.97. The van der Waals surface area contributed by atoms with E-state index in [4.69, 9.17) is 0 Å². The van der Waals surface area contributed by atoms with Crippen molar-refractivity contribution >= 4 is 11.9 Å². The van der Waals surface area contributed by atoms with Crippen LogP contribution in [-0.2, 0) is 4.79 Å². The molecule has 142 valence electrons. The van der Waals surface area contributed by atoms with E-state index in [-0.39, 0.29) is 23.9 Å². The van der Waals surface area contributed by atoms with Crippen molar-refractivity contribution in [3.8, 4) is 0 Å². The summed E-state index contributed by atoms with van der Waals surface area (Å²) in [4.78, 5) is 32.5. The number of nitrogens with one attached hydrogen (secondary N) is 2. The molecule has 26 heavy (non-hydrogen) atoms. The molecule has 0 bridgehead atoms. The molecule has 0 aromatic carbocycles. The van der Waals surface area contributed by atoms with Gasteiger partial charge in [-0.25, -0.2) is 9.78 Å². The summed E-state index contributed by atoms with van der Waals surface area (Å²) in [5.74, 6) is 2.78. The quantitative estimate of drug-likeness (QED) is 0.856. The Morgan fingerprint density at radius 2 is 1.81 bits per heavy atom. The summed E-state index contributed by atoms with van der Waals surface area (Å²) in [6.45, 7) is 4.52. The summed E-state index contributed by atoms with van der Waals surface area (Å²) in [6.07, 6.45) is 6.08. The maximum atomic E-state index is 12.7. The number of nitrogens with zero attached hydrogens (tertiary/aromatic N) is 4. The van der Waals surface area contributed by atoms with E-state index in [0.717, 1.165) is 57.0 Å². The minimum absolute atomic E-state index is 0.00827. The Hall–Kier alpha value is -2.12. The molecular weight excluding hydrogens is 332 g/mol. The first-order valence-electron chi connectivity index (χ1n) is 9.83. The maximum absolute atomic E-state index is 12.7. The highest BCUT2D eigenvalue weighted by atomic mass is 16.2. The fraction of sp³-hybridized carbons (Fsp3) is 0.778. The Kier molecular flexibility index (Phi) is 4.82. The van der Waals surface area contributed by atoms with Crippen LogP contribution in [0.5, 0.6) is 0 Å². The first-order valence-corrected chi connectivity index (χ1v) is 9.83. The average molecular weight is 360 g/mol. The van der Waals surface area contributed by atoms with Crippen LogP contribution in [0.25, 0.3) is 0 Å². The summed E-state index contributed by atoms with van der Waals surface area (Å²) in [5, 5.41) is 10.6. The van der Waals surface area contributed by atoms with Crippen LogP contribution in [0.1, 0.15) is 68.9 Å². The Morgan fingerprint density at radius 1 is 1.04 bits per heavy atom. The molecule has 1 aliphatic carbocycles. The van der Waals surface area contributed by atoms with Crippen LogP contribution in [0.2, 0.25) is 0 Å². The Labute approximate surface area is 153 Å². The number of aromatic amines is 1. The van der Waals surface area contributed by atoms with Crippen molar-refractivity contribution in [2.45, 2.75) is 63.3 Å². The number of rotatable bonds is 3. The second-order valence-electron chi connectivity index (χ2n) is 7.87. The van der Waals surface area contributed by atoms with Crippen molar-refractivity contribution in [2.24, 2.45) is 0 Å². The van der Waals surface area contributed by atoms with Gasteiger partial charge in [-0.3, -0.25) is 9.89 Å². The Morgan fingerprint density at radius 3 is 2.50 bits per heavy atom. The van der Waals surface area contributed by atoms with Gasteiger partial charge in [0, 0.05) is 51.0 Å². The average Bonchev–Trinajstić information content (AvgIpc) is 3.39. The normalized spacial score (nSPS) is 24.6. The van der Waals surface area contributed by atoms with E-state index in [1.165, 1.54) is 12.8 Å². The highest BCUT2D eigenvalue weighted by Crippen LogP contribution is 2.38. The lowest BCUT2D eigenvalue weighted by Gasteiger charge is -2.35. The monoisotopic (exact) mass is 360 g/mol. The Bertz CT molecular complexity index is 662. The van der Waals surface area contributed by atoms with Crippen LogP contribution in [0, 0.1) is 0 Å². The second kappa shape index (κ2) is 7.25. The number of H-pyrrole nitrogens is 1. The van der Waals surface area contributed by atoms with Crippen molar-refractivity contribution in [3.63, 3.8) is 0 Å². The molecule has 8 heteroatoms. The lowest BCUT2D eigenvalue weighted by molar-refractivity contribution is -0.129. The van der Waals surface area contributed by atoms with Crippen molar-refractivity contribution < 1.29 is 9.59 Å². The molecule has 1 atom stereocenters. The van der Waals surface area contributed by atoms with E-state index in [9.17, 15) is 9.59 Å². The third kappa shape index (κ3) is 3.83. The van der Waals surface area contributed by atoms with Crippen molar-refractivity contribution in [1.29, 1.82) is 0 Å². The summed E-state index contributed by atoms with van der Waals surface area (Å²) in [6, 6.07) is 0.164. The van der Waals surface area contributed by atoms with E-state index in [1.54, 1.807) is 6.92 Å². The molecule has 0 spiro atoms. The van der Waals surface area contributed by atoms with Gasteiger partial charge in [0.1, 0.15) is 5.82 Å². The van der Waals surface area contributed by atoms with Gasteiger partial charge in [-0.05, 0) is 38.5 Å². The topological polar surface area (TPSA) is 94.2 Å². The van der Waals surface area contributed by atoms with Crippen LogP contribution in [-0.4, -0.2) is 69.1 Å². The standard InChI is InChI=1S/C18H28N6O2/c1-12(25)23-9-6-15(7-10-23)19-18(26)24-8-2-3-14(11-24)17-20-16(21-22-17)13-4-5-13/h13-15H,2-11H2,1H3,(H,19,26)(H,20,21,22). The van der Waals surface area contributed by atoms with Crippen molar-refractivity contribution in [1.82, 2.24) is 30.3 Å². The van der Waals surface area contributed by atoms with Gasteiger partial charge < -0.3 is 15.1 Å². The number of aromatic nitrogens is 3. The van der Waals surface area contributed by atoms with Gasteiger partial charge in [0.05, 0.1) is 0 Å². The van der Waals surface area contributed by atoms with Gasteiger partial charge in [0.2, 0.25) is 5.91 Å². The summed E-state index contributed by atoms with van der Waals surface area (Å²) < 4.78 is 0. The number of urea groups is 1. The molecule has 1 aromatic heterocycles. The number of hydrogen-bond donors (Lipinski definition) is 2. The predicted octanol–water partition coefficient (Wildman–Crippen LogP) is 1.58. The smallest absolute Gasteiger partial charge is 0.317 e. The van der Waals surface area contributed by atoms with E-state index in [0.29, 0.717) is 12.5 Å². The molecule has 3 fully saturated rings. The Balaban J connectivity index is 1.29. The minimum Gasteiger partial charge on any atom is -0.343 e. The highest BCUT2D eigenvalue weighted by Gasteiger charge is 2.32. The molecule has 1 saturated carbocycles. The fourth-order valence-electron chi connectivity index (χ4n) is 3.99. The number of amides is 3. The largest absolute Gasteiger partial charge is 0.343 e. The third-order valence-corrected chi connectivity index (χ3v) is 5.83. The van der Waals surface area contributed by atoms with Gasteiger partial charge in [0.25, 0.3) is 0 Å². The zero-order valence-corrected chi connectivity index (χ0v) is 15.4. The van der Waals surface area contributed by atoms with Gasteiger partial charge in [-0.1, -0.05) is 0 Å². The van der Waals surface area contributed by atoms with Crippen LogP contribution >= 0.6 is 0 Å². The van der Waals surface area contributed by atoms with E-state index in [2.05, 4.69) is 20.5 Å². The van der Waals surface area contributed by atoms with Gasteiger partial charge in [-0.2, -0.15) is 5.10 Å².